The summed E-state index contributed by atoms with van der Waals surface area (Å²) in [6.45, 7) is 0.561. The molecule has 0 aliphatic heterocycles. The number of nitro groups is 1. The van der Waals surface area contributed by atoms with Crippen molar-refractivity contribution in [2.24, 2.45) is 0 Å². The first-order chi connectivity index (χ1) is 11.5. The highest BCUT2D eigenvalue weighted by atomic mass is 16.6. The van der Waals surface area contributed by atoms with Gasteiger partial charge in [-0.05, 0) is 19.9 Å². The molecule has 9 nitrogen and oxygen atoms in total. The zero-order valence-corrected chi connectivity index (χ0v) is 13.1. The summed E-state index contributed by atoms with van der Waals surface area (Å²) in [5.74, 6) is 0.598. The SMILES string of the molecule is CN(CC(=O)NC1CC1)Cc1nc(-c2cccc([N+](=O)[O-])c2)no1. The van der Waals surface area contributed by atoms with Crippen molar-refractivity contribution in [1.82, 2.24) is 20.4 Å². The molecule has 1 saturated carbocycles. The summed E-state index contributed by atoms with van der Waals surface area (Å²) in [6.07, 6.45) is 2.09. The number of non-ortho nitro benzene ring substituents is 1. The number of benzene rings is 1. The van der Waals surface area contributed by atoms with Gasteiger partial charge in [-0.2, -0.15) is 4.98 Å². The number of hydrogen-bond donors (Lipinski definition) is 1. The van der Waals surface area contributed by atoms with Crippen molar-refractivity contribution in [1.29, 1.82) is 0 Å². The third kappa shape index (κ3) is 4.13. The molecule has 1 N–H and O–H groups in total. The normalized spacial score (nSPS) is 13.9. The number of aromatic nitrogens is 2. The summed E-state index contributed by atoms with van der Waals surface area (Å²) in [6, 6.07) is 6.36. The fraction of sp³-hybridized carbons (Fsp3) is 0.400. The Morgan fingerprint density at radius 3 is 3.00 bits per heavy atom. The Labute approximate surface area is 137 Å². The van der Waals surface area contributed by atoms with Crippen molar-refractivity contribution < 1.29 is 14.2 Å². The molecule has 0 bridgehead atoms. The predicted molar refractivity (Wildman–Crippen MR) is 83.9 cm³/mol. The minimum atomic E-state index is -0.475. The highest BCUT2D eigenvalue weighted by Crippen LogP contribution is 2.21. The molecule has 3 rings (SSSR count). The molecule has 0 radical (unpaired) electrons. The molecule has 1 amide bonds. The highest BCUT2D eigenvalue weighted by molar-refractivity contribution is 5.78. The van der Waals surface area contributed by atoms with Crippen molar-refractivity contribution in [2.75, 3.05) is 13.6 Å². The number of likely N-dealkylation sites (N-methyl/N-ethyl adjacent to an activating group) is 1. The molecule has 1 heterocycles. The summed E-state index contributed by atoms with van der Waals surface area (Å²) in [5.41, 5.74) is 0.473. The third-order valence-electron chi connectivity index (χ3n) is 3.54. The fourth-order valence-corrected chi connectivity index (χ4v) is 2.23. The number of nitro benzene ring substituents is 1. The molecule has 1 aliphatic rings. The lowest BCUT2D eigenvalue weighted by Gasteiger charge is -2.13. The van der Waals surface area contributed by atoms with Crippen LogP contribution in [-0.4, -0.2) is 45.5 Å². The van der Waals surface area contributed by atoms with E-state index in [2.05, 4.69) is 15.5 Å². The number of carbonyl (C=O) groups excluding carboxylic acids is 1. The van der Waals surface area contributed by atoms with Crippen LogP contribution in [-0.2, 0) is 11.3 Å². The number of rotatable bonds is 7. The molecule has 126 valence electrons. The maximum atomic E-state index is 11.7. The lowest BCUT2D eigenvalue weighted by atomic mass is 10.2. The molecule has 24 heavy (non-hydrogen) atoms. The van der Waals surface area contributed by atoms with Crippen LogP contribution >= 0.6 is 0 Å². The Morgan fingerprint density at radius 1 is 1.50 bits per heavy atom. The monoisotopic (exact) mass is 331 g/mol. The smallest absolute Gasteiger partial charge is 0.270 e. The molecule has 1 aromatic heterocycles. The largest absolute Gasteiger partial charge is 0.352 e. The minimum absolute atomic E-state index is 0.0292. The molecule has 1 fully saturated rings. The van der Waals surface area contributed by atoms with Gasteiger partial charge in [-0.25, -0.2) is 0 Å². The van der Waals surface area contributed by atoms with E-state index >= 15 is 0 Å². The van der Waals surface area contributed by atoms with E-state index in [9.17, 15) is 14.9 Å². The summed E-state index contributed by atoms with van der Waals surface area (Å²) >= 11 is 0. The maximum Gasteiger partial charge on any atom is 0.270 e. The standard InChI is InChI=1S/C15H17N5O4/c1-19(8-13(21)16-11-5-6-11)9-14-17-15(18-24-14)10-3-2-4-12(7-10)20(22)23/h2-4,7,11H,5-6,8-9H2,1H3,(H,16,21). The molecule has 0 saturated heterocycles. The molecule has 0 unspecified atom stereocenters. The van der Waals surface area contributed by atoms with Crippen LogP contribution in [0.5, 0.6) is 0 Å². The molecule has 0 spiro atoms. The molecule has 9 heteroatoms. The van der Waals surface area contributed by atoms with Crippen LogP contribution in [0, 0.1) is 10.1 Å². The van der Waals surface area contributed by atoms with Crippen molar-refractivity contribution in [3.63, 3.8) is 0 Å². The van der Waals surface area contributed by atoms with Crippen LogP contribution in [0.25, 0.3) is 11.4 Å². The van der Waals surface area contributed by atoms with E-state index in [1.165, 1.54) is 12.1 Å². The minimum Gasteiger partial charge on any atom is -0.352 e. The van der Waals surface area contributed by atoms with Crippen molar-refractivity contribution in [3.8, 4) is 11.4 Å². The number of carbonyl (C=O) groups is 1. The van der Waals surface area contributed by atoms with E-state index in [0.717, 1.165) is 12.8 Å². The van der Waals surface area contributed by atoms with Crippen LogP contribution in [0.1, 0.15) is 18.7 Å². The van der Waals surface area contributed by atoms with E-state index in [0.29, 0.717) is 24.0 Å². The Bertz CT molecular complexity index is 756. The second-order valence-electron chi connectivity index (χ2n) is 5.83. The van der Waals surface area contributed by atoms with Gasteiger partial charge in [-0.3, -0.25) is 19.8 Å². The molecule has 1 aromatic carbocycles. The summed E-state index contributed by atoms with van der Waals surface area (Å²) in [4.78, 5) is 28.1. The van der Waals surface area contributed by atoms with Crippen molar-refractivity contribution in [3.05, 3.63) is 40.3 Å². The quantitative estimate of drug-likeness (QED) is 0.601. The van der Waals surface area contributed by atoms with E-state index in [1.54, 1.807) is 24.1 Å². The molecule has 2 aromatic rings. The Hall–Kier alpha value is -2.81. The van der Waals surface area contributed by atoms with Crippen LogP contribution in [0.2, 0.25) is 0 Å². The molecular weight excluding hydrogens is 314 g/mol. The summed E-state index contributed by atoms with van der Waals surface area (Å²) in [5, 5.41) is 17.6. The first-order valence-corrected chi connectivity index (χ1v) is 7.56. The van der Waals surface area contributed by atoms with Gasteiger partial charge in [-0.15, -0.1) is 0 Å². The van der Waals surface area contributed by atoms with E-state index < -0.39 is 4.92 Å². The Balaban J connectivity index is 1.61. The van der Waals surface area contributed by atoms with E-state index in [-0.39, 0.29) is 24.0 Å². The van der Waals surface area contributed by atoms with Gasteiger partial charge in [0, 0.05) is 23.7 Å². The fourth-order valence-electron chi connectivity index (χ4n) is 2.23. The molecule has 0 atom stereocenters. The van der Waals surface area contributed by atoms with Gasteiger partial charge >= 0.3 is 0 Å². The van der Waals surface area contributed by atoms with Gasteiger partial charge in [0.2, 0.25) is 17.6 Å². The number of hydrogen-bond acceptors (Lipinski definition) is 7. The van der Waals surface area contributed by atoms with Gasteiger partial charge in [-0.1, -0.05) is 17.3 Å². The number of nitrogens with one attached hydrogen (secondary N) is 1. The predicted octanol–water partition coefficient (Wildman–Crippen LogP) is 1.36. The lowest BCUT2D eigenvalue weighted by Crippen LogP contribution is -2.35. The van der Waals surface area contributed by atoms with E-state index in [1.807, 2.05) is 0 Å². The molecular formula is C15H17N5O4. The van der Waals surface area contributed by atoms with Gasteiger partial charge in [0.1, 0.15) is 0 Å². The van der Waals surface area contributed by atoms with Gasteiger partial charge in [0.05, 0.1) is 18.0 Å². The lowest BCUT2D eigenvalue weighted by molar-refractivity contribution is -0.384. The van der Waals surface area contributed by atoms with Crippen molar-refractivity contribution in [2.45, 2.75) is 25.4 Å². The summed E-state index contributed by atoms with van der Waals surface area (Å²) < 4.78 is 5.16. The van der Waals surface area contributed by atoms with Gasteiger partial charge in [0.25, 0.3) is 5.69 Å². The Kier molecular flexibility index (Phi) is 4.52. The van der Waals surface area contributed by atoms with Crippen LogP contribution in [0.3, 0.4) is 0 Å². The number of nitrogens with zero attached hydrogens (tertiary/aromatic N) is 4. The average molecular weight is 331 g/mol. The zero-order chi connectivity index (χ0) is 17.1. The topological polar surface area (TPSA) is 114 Å². The van der Waals surface area contributed by atoms with Crippen molar-refractivity contribution >= 4 is 11.6 Å². The third-order valence-corrected chi connectivity index (χ3v) is 3.54. The van der Waals surface area contributed by atoms with Crippen LogP contribution in [0.15, 0.2) is 28.8 Å². The summed E-state index contributed by atoms with van der Waals surface area (Å²) in [7, 11) is 1.78. The average Bonchev–Trinajstić information content (AvgIpc) is 3.22. The molecule has 1 aliphatic carbocycles. The second-order valence-corrected chi connectivity index (χ2v) is 5.83. The van der Waals surface area contributed by atoms with Crippen LogP contribution in [0.4, 0.5) is 5.69 Å². The Morgan fingerprint density at radius 2 is 2.29 bits per heavy atom. The first-order valence-electron chi connectivity index (χ1n) is 7.56. The van der Waals surface area contributed by atoms with Gasteiger partial charge < -0.3 is 9.84 Å². The zero-order valence-electron chi connectivity index (χ0n) is 13.1. The van der Waals surface area contributed by atoms with Gasteiger partial charge in [0.15, 0.2) is 0 Å². The second kappa shape index (κ2) is 6.75. The first kappa shape index (κ1) is 16.1. The maximum absolute atomic E-state index is 11.7. The number of amides is 1. The highest BCUT2D eigenvalue weighted by Gasteiger charge is 2.23. The van der Waals surface area contributed by atoms with E-state index in [4.69, 9.17) is 4.52 Å². The van der Waals surface area contributed by atoms with Crippen LogP contribution < -0.4 is 5.32 Å².